The zero-order valence-corrected chi connectivity index (χ0v) is 14.7. The Bertz CT molecular complexity index is 686. The molecule has 2 heterocycles. The van der Waals surface area contributed by atoms with Crippen LogP contribution in [0.2, 0.25) is 0 Å². The zero-order chi connectivity index (χ0) is 16.4. The molecule has 0 aliphatic carbocycles. The maximum atomic E-state index is 11.7. The molecule has 4 heteroatoms. The standard InChI is InChI=1S/C19H25NO2S/c1-12(2)8-13-4-3-5-18-16(13)9-15(23-18)10-17(19(21)22)14-6-7-20-11-14/h3-5,9,12,14,17,20H,6-8,10-11H2,1-2H3,(H,21,22)/t14-,17-/m0/s1. The van der Waals surface area contributed by atoms with Gasteiger partial charge in [-0.05, 0) is 67.3 Å². The molecule has 0 unspecified atom stereocenters. The Hall–Kier alpha value is -1.39. The second-order valence-corrected chi connectivity index (χ2v) is 8.21. The SMILES string of the molecule is CC(C)Cc1cccc2sc(C[C@H](C(=O)O)[C@H]3CCNC3)cc12. The average molecular weight is 331 g/mol. The molecule has 2 atom stereocenters. The lowest BCUT2D eigenvalue weighted by atomic mass is 9.88. The number of carbonyl (C=O) groups is 1. The molecule has 2 N–H and O–H groups in total. The number of nitrogens with one attached hydrogen (secondary N) is 1. The molecule has 0 saturated carbocycles. The molecule has 0 amide bonds. The van der Waals surface area contributed by atoms with Crippen LogP contribution >= 0.6 is 11.3 Å². The van der Waals surface area contributed by atoms with Gasteiger partial charge in [0.25, 0.3) is 0 Å². The molecular weight excluding hydrogens is 306 g/mol. The third-order valence-electron chi connectivity index (χ3n) is 4.74. The van der Waals surface area contributed by atoms with E-state index in [9.17, 15) is 9.90 Å². The van der Waals surface area contributed by atoms with Gasteiger partial charge in [0.05, 0.1) is 5.92 Å². The number of hydrogen-bond acceptors (Lipinski definition) is 3. The van der Waals surface area contributed by atoms with Crippen LogP contribution in [0, 0.1) is 17.8 Å². The number of rotatable bonds is 6. The highest BCUT2D eigenvalue weighted by Crippen LogP contribution is 2.33. The lowest BCUT2D eigenvalue weighted by Crippen LogP contribution is -2.27. The minimum atomic E-state index is -0.654. The molecule has 1 aliphatic rings. The predicted molar refractivity (Wildman–Crippen MR) is 96.2 cm³/mol. The van der Waals surface area contributed by atoms with E-state index in [1.165, 1.54) is 20.5 Å². The fraction of sp³-hybridized carbons (Fsp3) is 0.526. The number of benzene rings is 1. The second kappa shape index (κ2) is 7.02. The van der Waals surface area contributed by atoms with Gasteiger partial charge in [0, 0.05) is 9.58 Å². The number of hydrogen-bond donors (Lipinski definition) is 2. The highest BCUT2D eigenvalue weighted by Gasteiger charge is 2.31. The minimum Gasteiger partial charge on any atom is -0.481 e. The van der Waals surface area contributed by atoms with Gasteiger partial charge in [-0.2, -0.15) is 0 Å². The molecule has 3 rings (SSSR count). The van der Waals surface area contributed by atoms with Crippen LogP contribution in [0.25, 0.3) is 10.1 Å². The maximum Gasteiger partial charge on any atom is 0.307 e. The fourth-order valence-corrected chi connectivity index (χ4v) is 4.75. The van der Waals surface area contributed by atoms with Crippen molar-refractivity contribution in [3.05, 3.63) is 34.7 Å². The van der Waals surface area contributed by atoms with Crippen molar-refractivity contribution in [2.24, 2.45) is 17.8 Å². The van der Waals surface area contributed by atoms with E-state index < -0.39 is 5.97 Å². The van der Waals surface area contributed by atoms with Gasteiger partial charge in [-0.25, -0.2) is 0 Å². The van der Waals surface area contributed by atoms with Crippen LogP contribution in [0.1, 0.15) is 30.7 Å². The summed E-state index contributed by atoms with van der Waals surface area (Å²) in [5.74, 6) is -0.0432. The lowest BCUT2D eigenvalue weighted by molar-refractivity contribution is -0.143. The summed E-state index contributed by atoms with van der Waals surface area (Å²) in [6.07, 6.45) is 2.70. The highest BCUT2D eigenvalue weighted by atomic mass is 32.1. The van der Waals surface area contributed by atoms with E-state index in [1.807, 2.05) is 0 Å². The molecule has 2 aromatic rings. The first-order chi connectivity index (χ1) is 11.0. The fourth-order valence-electron chi connectivity index (χ4n) is 3.59. The van der Waals surface area contributed by atoms with E-state index in [-0.39, 0.29) is 11.8 Å². The van der Waals surface area contributed by atoms with Crippen LogP contribution in [0.4, 0.5) is 0 Å². The summed E-state index contributed by atoms with van der Waals surface area (Å²) >= 11 is 1.76. The molecule has 124 valence electrons. The third kappa shape index (κ3) is 3.75. The maximum absolute atomic E-state index is 11.7. The molecule has 0 bridgehead atoms. The number of fused-ring (bicyclic) bond motifs is 1. The topological polar surface area (TPSA) is 49.3 Å². The number of carboxylic acid groups (broad SMARTS) is 1. The number of carboxylic acids is 1. The van der Waals surface area contributed by atoms with E-state index in [0.717, 1.165) is 25.9 Å². The van der Waals surface area contributed by atoms with E-state index in [1.54, 1.807) is 11.3 Å². The molecule has 1 saturated heterocycles. The summed E-state index contributed by atoms with van der Waals surface area (Å²) in [4.78, 5) is 12.9. The van der Waals surface area contributed by atoms with Crippen molar-refractivity contribution in [3.63, 3.8) is 0 Å². The Kier molecular flexibility index (Phi) is 5.02. The average Bonchev–Trinajstić information content (AvgIpc) is 3.13. The van der Waals surface area contributed by atoms with Gasteiger partial charge in [-0.15, -0.1) is 11.3 Å². The molecule has 1 aromatic carbocycles. The molecular formula is C19H25NO2S. The van der Waals surface area contributed by atoms with E-state index in [4.69, 9.17) is 0 Å². The monoisotopic (exact) mass is 331 g/mol. The highest BCUT2D eigenvalue weighted by molar-refractivity contribution is 7.19. The first-order valence-electron chi connectivity index (χ1n) is 8.48. The van der Waals surface area contributed by atoms with Gasteiger partial charge >= 0.3 is 5.97 Å². The Morgan fingerprint density at radius 2 is 2.22 bits per heavy atom. The Morgan fingerprint density at radius 3 is 2.87 bits per heavy atom. The van der Waals surface area contributed by atoms with Gasteiger partial charge in [0.1, 0.15) is 0 Å². The Balaban J connectivity index is 1.86. The molecule has 3 nitrogen and oxygen atoms in total. The molecule has 23 heavy (non-hydrogen) atoms. The predicted octanol–water partition coefficient (Wildman–Crippen LogP) is 3.95. The van der Waals surface area contributed by atoms with Gasteiger partial charge in [0.15, 0.2) is 0 Å². The van der Waals surface area contributed by atoms with E-state index in [2.05, 4.69) is 43.4 Å². The van der Waals surface area contributed by atoms with Crippen molar-refractivity contribution in [1.82, 2.24) is 5.32 Å². The van der Waals surface area contributed by atoms with Gasteiger partial charge in [-0.1, -0.05) is 26.0 Å². The smallest absolute Gasteiger partial charge is 0.307 e. The van der Waals surface area contributed by atoms with E-state index in [0.29, 0.717) is 12.3 Å². The molecule has 0 radical (unpaired) electrons. The quantitative estimate of drug-likeness (QED) is 0.842. The van der Waals surface area contributed by atoms with Crippen molar-refractivity contribution >= 4 is 27.4 Å². The molecule has 0 spiro atoms. The van der Waals surface area contributed by atoms with E-state index >= 15 is 0 Å². The van der Waals surface area contributed by atoms with Crippen LogP contribution in [0.5, 0.6) is 0 Å². The normalized spacial score (nSPS) is 19.5. The van der Waals surface area contributed by atoms with Crippen molar-refractivity contribution < 1.29 is 9.90 Å². The van der Waals surface area contributed by atoms with Crippen LogP contribution in [0.3, 0.4) is 0 Å². The molecule has 1 aromatic heterocycles. The van der Waals surface area contributed by atoms with Gasteiger partial charge in [0.2, 0.25) is 0 Å². The third-order valence-corrected chi connectivity index (χ3v) is 5.86. The Labute approximate surface area is 141 Å². The van der Waals surface area contributed by atoms with Crippen LogP contribution in [-0.4, -0.2) is 24.2 Å². The van der Waals surface area contributed by atoms with Gasteiger partial charge < -0.3 is 10.4 Å². The second-order valence-electron chi connectivity index (χ2n) is 7.04. The summed E-state index contributed by atoms with van der Waals surface area (Å²) in [5, 5.41) is 14.2. The zero-order valence-electron chi connectivity index (χ0n) is 13.8. The number of thiophene rings is 1. The van der Waals surface area contributed by atoms with Crippen LogP contribution < -0.4 is 5.32 Å². The summed E-state index contributed by atoms with van der Waals surface area (Å²) in [6.45, 7) is 6.25. The van der Waals surface area contributed by atoms with Crippen LogP contribution in [0.15, 0.2) is 24.3 Å². The summed E-state index contributed by atoms with van der Waals surface area (Å²) < 4.78 is 1.28. The molecule has 1 fully saturated rings. The van der Waals surface area contributed by atoms with Crippen molar-refractivity contribution in [2.45, 2.75) is 33.1 Å². The minimum absolute atomic E-state index is 0.257. The lowest BCUT2D eigenvalue weighted by Gasteiger charge is -2.17. The first kappa shape index (κ1) is 16.5. The van der Waals surface area contributed by atoms with Crippen molar-refractivity contribution in [2.75, 3.05) is 13.1 Å². The van der Waals surface area contributed by atoms with Crippen LogP contribution in [-0.2, 0) is 17.6 Å². The van der Waals surface area contributed by atoms with Gasteiger partial charge in [-0.3, -0.25) is 4.79 Å². The summed E-state index contributed by atoms with van der Waals surface area (Å²) in [6, 6.07) is 8.71. The van der Waals surface area contributed by atoms with Crippen molar-refractivity contribution in [1.29, 1.82) is 0 Å². The first-order valence-corrected chi connectivity index (χ1v) is 9.30. The summed E-state index contributed by atoms with van der Waals surface area (Å²) in [7, 11) is 0. The Morgan fingerprint density at radius 1 is 1.39 bits per heavy atom. The number of aliphatic carboxylic acids is 1. The molecule has 1 aliphatic heterocycles. The summed E-state index contributed by atoms with van der Waals surface area (Å²) in [5.41, 5.74) is 1.38. The van der Waals surface area contributed by atoms with Crippen molar-refractivity contribution in [3.8, 4) is 0 Å². The largest absolute Gasteiger partial charge is 0.481 e.